The molecule has 34 heavy (non-hydrogen) atoms. The largest absolute Gasteiger partial charge is 0.370 e. The predicted octanol–water partition coefficient (Wildman–Crippen LogP) is 5.83. The highest BCUT2D eigenvalue weighted by Gasteiger charge is 2.37. The van der Waals surface area contributed by atoms with Gasteiger partial charge in [-0.25, -0.2) is 18.7 Å². The Bertz CT molecular complexity index is 1280. The van der Waals surface area contributed by atoms with E-state index in [-0.39, 0.29) is 17.3 Å². The molecule has 1 atom stereocenters. The summed E-state index contributed by atoms with van der Waals surface area (Å²) in [6.45, 7) is 7.92. The van der Waals surface area contributed by atoms with Gasteiger partial charge in [0.25, 0.3) is 0 Å². The summed E-state index contributed by atoms with van der Waals surface area (Å²) >= 11 is 0. The smallest absolute Gasteiger partial charge is 0.221 e. The number of pyridine rings is 1. The number of piperidine rings is 1. The maximum atomic E-state index is 15.7. The average Bonchev–Trinajstić information content (AvgIpc) is 3.12. The maximum Gasteiger partial charge on any atom is 0.221 e. The Morgan fingerprint density at radius 1 is 1.06 bits per heavy atom. The Hall–Kier alpha value is -3.42. The monoisotopic (exact) mass is 462 g/mol. The Balaban J connectivity index is 1.56. The van der Waals surface area contributed by atoms with E-state index < -0.39 is 17.0 Å². The number of hydrogen-bond donors (Lipinski definition) is 1. The highest BCUT2D eigenvalue weighted by molar-refractivity contribution is 6.00. The van der Waals surface area contributed by atoms with E-state index in [1.165, 1.54) is 12.5 Å². The first-order valence-electron chi connectivity index (χ1n) is 11.8. The third kappa shape index (κ3) is 3.61. The lowest BCUT2D eigenvalue weighted by Gasteiger charge is -2.28. The molecule has 0 spiro atoms. The van der Waals surface area contributed by atoms with Crippen molar-refractivity contribution in [3.63, 3.8) is 0 Å². The zero-order valence-electron chi connectivity index (χ0n) is 19.7. The minimum atomic E-state index is -0.680. The van der Waals surface area contributed by atoms with Gasteiger partial charge < -0.3 is 10.6 Å². The molecule has 0 bridgehead atoms. The summed E-state index contributed by atoms with van der Waals surface area (Å²) in [5, 5.41) is 0. The van der Waals surface area contributed by atoms with Gasteiger partial charge in [-0.3, -0.25) is 9.98 Å². The van der Waals surface area contributed by atoms with Crippen LogP contribution in [0.15, 0.2) is 35.5 Å². The molecule has 1 unspecified atom stereocenters. The van der Waals surface area contributed by atoms with E-state index in [0.717, 1.165) is 49.3 Å². The van der Waals surface area contributed by atoms with Crippen LogP contribution in [0.25, 0.3) is 22.6 Å². The van der Waals surface area contributed by atoms with Crippen molar-refractivity contribution in [3.05, 3.63) is 47.7 Å². The van der Waals surface area contributed by atoms with Gasteiger partial charge in [0.15, 0.2) is 5.82 Å². The van der Waals surface area contributed by atoms with Gasteiger partial charge in [0, 0.05) is 29.8 Å². The number of aliphatic imine (C=N–C) groups is 1. The van der Waals surface area contributed by atoms with Gasteiger partial charge in [-0.2, -0.15) is 0 Å². The third-order valence-electron chi connectivity index (χ3n) is 7.30. The summed E-state index contributed by atoms with van der Waals surface area (Å²) in [5.41, 5.74) is 9.02. The van der Waals surface area contributed by atoms with Crippen molar-refractivity contribution in [2.45, 2.75) is 51.9 Å². The molecule has 176 valence electrons. The van der Waals surface area contributed by atoms with Crippen molar-refractivity contribution >= 4 is 23.0 Å². The Morgan fingerprint density at radius 3 is 2.47 bits per heavy atom. The van der Waals surface area contributed by atoms with Crippen LogP contribution < -0.4 is 10.6 Å². The van der Waals surface area contributed by atoms with E-state index in [2.05, 4.69) is 24.8 Å². The van der Waals surface area contributed by atoms with Crippen LogP contribution in [-0.4, -0.2) is 33.8 Å². The van der Waals surface area contributed by atoms with E-state index in [9.17, 15) is 0 Å². The van der Waals surface area contributed by atoms with Crippen LogP contribution >= 0.6 is 0 Å². The van der Waals surface area contributed by atoms with Crippen molar-refractivity contribution < 1.29 is 8.78 Å². The Kier molecular flexibility index (Phi) is 5.54. The Morgan fingerprint density at radius 2 is 1.79 bits per heavy atom. The first kappa shape index (κ1) is 22.4. The lowest BCUT2D eigenvalue weighted by molar-refractivity contribution is 0.577. The van der Waals surface area contributed by atoms with Gasteiger partial charge >= 0.3 is 0 Å². The molecule has 0 radical (unpaired) electrons. The fraction of sp³-hybridized carbons (Fsp3) is 0.385. The summed E-state index contributed by atoms with van der Waals surface area (Å²) in [7, 11) is 0. The number of hydrogen-bond acceptors (Lipinski definition) is 6. The number of rotatable bonds is 4. The number of nitrogen functional groups attached to an aromatic ring is 1. The minimum absolute atomic E-state index is 0.000662. The third-order valence-corrected chi connectivity index (χ3v) is 7.30. The van der Waals surface area contributed by atoms with Gasteiger partial charge in [-0.15, -0.1) is 0 Å². The summed E-state index contributed by atoms with van der Waals surface area (Å²) in [4.78, 5) is 19.4. The summed E-state index contributed by atoms with van der Waals surface area (Å²) in [6.07, 6.45) is 6.02. The van der Waals surface area contributed by atoms with E-state index in [1.807, 2.05) is 26.8 Å². The molecule has 0 aliphatic carbocycles. The van der Waals surface area contributed by atoms with Crippen molar-refractivity contribution in [2.75, 3.05) is 23.7 Å². The van der Waals surface area contributed by atoms with E-state index in [0.29, 0.717) is 16.9 Å². The number of anilines is 2. The topological polar surface area (TPSA) is 80.3 Å². The fourth-order valence-corrected chi connectivity index (χ4v) is 4.89. The molecule has 6 nitrogen and oxygen atoms in total. The second-order valence-electron chi connectivity index (χ2n) is 9.28. The van der Waals surface area contributed by atoms with Crippen LogP contribution in [0.3, 0.4) is 0 Å². The van der Waals surface area contributed by atoms with E-state index in [4.69, 9.17) is 5.73 Å². The van der Waals surface area contributed by atoms with Crippen LogP contribution in [0.5, 0.6) is 0 Å². The molecule has 4 heterocycles. The first-order chi connectivity index (χ1) is 16.3. The fourth-order valence-electron chi connectivity index (χ4n) is 4.89. The van der Waals surface area contributed by atoms with Gasteiger partial charge in [0.05, 0.1) is 17.6 Å². The second-order valence-corrected chi connectivity index (χ2v) is 9.28. The molecule has 1 aromatic carbocycles. The quantitative estimate of drug-likeness (QED) is 0.528. The van der Waals surface area contributed by atoms with Crippen molar-refractivity contribution in [1.29, 1.82) is 0 Å². The zero-order chi connectivity index (χ0) is 24.0. The van der Waals surface area contributed by atoms with Gasteiger partial charge in [0.2, 0.25) is 5.95 Å². The number of nitrogens with two attached hydrogens (primary N) is 1. The molecular formula is C26H28F2N6. The summed E-state index contributed by atoms with van der Waals surface area (Å²) in [5.74, 6) is -1.29. The molecule has 0 saturated carbocycles. The van der Waals surface area contributed by atoms with Crippen LogP contribution in [0.4, 0.5) is 26.1 Å². The molecule has 5 rings (SSSR count). The number of nitrogens with zero attached hydrogens (tertiary/aromatic N) is 5. The van der Waals surface area contributed by atoms with Crippen LogP contribution in [0, 0.1) is 11.6 Å². The first-order valence-corrected chi connectivity index (χ1v) is 11.8. The van der Waals surface area contributed by atoms with Crippen molar-refractivity contribution in [3.8, 4) is 22.6 Å². The Labute approximate surface area is 198 Å². The maximum absolute atomic E-state index is 15.7. The number of aromatic nitrogens is 3. The number of halogens is 2. The van der Waals surface area contributed by atoms with Crippen LogP contribution in [0.1, 0.15) is 52.0 Å². The average molecular weight is 463 g/mol. The van der Waals surface area contributed by atoms with Gasteiger partial charge in [0.1, 0.15) is 22.9 Å². The molecule has 2 N–H and O–H groups in total. The SMILES string of the molecule is CCC1(C)C(C)=Nc2c(F)cc(-c3nc(N)nc(-c4ccc(N5CCCCC5)cn4)c3F)cc21. The number of fused-ring (bicyclic) bond motifs is 1. The normalized spacial score (nSPS) is 19.8. The molecule has 3 aromatic rings. The zero-order valence-corrected chi connectivity index (χ0v) is 19.7. The van der Waals surface area contributed by atoms with E-state index in [1.54, 1.807) is 18.3 Å². The molecular weight excluding hydrogens is 434 g/mol. The minimum Gasteiger partial charge on any atom is -0.370 e. The standard InChI is InChI=1S/C26H28F2N6/c1-4-26(3)15(2)31-23-18(26)12-16(13-19(23)27)22-21(28)24(33-25(29)32-22)20-9-8-17(14-30-20)34-10-6-5-7-11-34/h8-9,12-14H,4-7,10-11H2,1-3H3,(H2,29,32,33). The molecule has 2 aliphatic heterocycles. The van der Waals surface area contributed by atoms with Crippen LogP contribution in [0.2, 0.25) is 0 Å². The lowest BCUT2D eigenvalue weighted by atomic mass is 9.77. The van der Waals surface area contributed by atoms with Crippen molar-refractivity contribution in [1.82, 2.24) is 15.0 Å². The summed E-state index contributed by atoms with van der Waals surface area (Å²) < 4.78 is 30.8. The molecule has 8 heteroatoms. The van der Waals surface area contributed by atoms with Crippen molar-refractivity contribution in [2.24, 2.45) is 4.99 Å². The molecule has 2 aromatic heterocycles. The molecule has 1 fully saturated rings. The van der Waals surface area contributed by atoms with Gasteiger partial charge in [-0.05, 0) is 62.4 Å². The highest BCUT2D eigenvalue weighted by Crippen LogP contribution is 2.45. The molecule has 2 aliphatic rings. The molecule has 1 saturated heterocycles. The van der Waals surface area contributed by atoms with Crippen LogP contribution in [-0.2, 0) is 5.41 Å². The number of benzene rings is 1. The second kappa shape index (κ2) is 8.42. The van der Waals surface area contributed by atoms with E-state index >= 15 is 8.78 Å². The van der Waals surface area contributed by atoms with Gasteiger partial charge in [-0.1, -0.05) is 13.8 Å². The molecule has 0 amide bonds. The summed E-state index contributed by atoms with van der Waals surface area (Å²) in [6, 6.07) is 6.70. The predicted molar refractivity (Wildman–Crippen MR) is 132 cm³/mol. The highest BCUT2D eigenvalue weighted by atomic mass is 19.1. The lowest BCUT2D eigenvalue weighted by Crippen LogP contribution is -2.29.